The van der Waals surface area contributed by atoms with Crippen LogP contribution in [0.1, 0.15) is 64.0 Å². The SMILES string of the molecule is CCCNC(c1cccc(Cl)c1Cl)C1(CC)CCCC1. The summed E-state index contributed by atoms with van der Waals surface area (Å²) < 4.78 is 0. The van der Waals surface area contributed by atoms with Gasteiger partial charge in [0.1, 0.15) is 0 Å². The van der Waals surface area contributed by atoms with Crippen molar-refractivity contribution in [2.24, 2.45) is 5.41 Å². The van der Waals surface area contributed by atoms with Crippen molar-refractivity contribution in [2.45, 2.75) is 58.4 Å². The van der Waals surface area contributed by atoms with Crippen LogP contribution >= 0.6 is 23.2 Å². The predicted octanol–water partition coefficient (Wildman–Crippen LogP) is 6.00. The first kappa shape index (κ1) is 16.1. The number of rotatable bonds is 6. The monoisotopic (exact) mass is 313 g/mol. The highest BCUT2D eigenvalue weighted by Crippen LogP contribution is 2.51. The van der Waals surface area contributed by atoms with Crippen molar-refractivity contribution in [2.75, 3.05) is 6.54 Å². The third kappa shape index (κ3) is 3.16. The zero-order chi connectivity index (χ0) is 14.6. The van der Waals surface area contributed by atoms with Crippen LogP contribution in [-0.2, 0) is 0 Å². The van der Waals surface area contributed by atoms with Crippen LogP contribution in [0.2, 0.25) is 10.0 Å². The molecule has 112 valence electrons. The van der Waals surface area contributed by atoms with Crippen LogP contribution in [-0.4, -0.2) is 6.54 Å². The van der Waals surface area contributed by atoms with E-state index in [2.05, 4.69) is 25.2 Å². The number of benzene rings is 1. The maximum atomic E-state index is 6.49. The van der Waals surface area contributed by atoms with Gasteiger partial charge in [0.2, 0.25) is 0 Å². The van der Waals surface area contributed by atoms with Crippen molar-refractivity contribution in [1.29, 1.82) is 0 Å². The fraction of sp³-hybridized carbons (Fsp3) is 0.647. The maximum absolute atomic E-state index is 6.49. The van der Waals surface area contributed by atoms with Gasteiger partial charge in [-0.3, -0.25) is 0 Å². The molecule has 0 amide bonds. The van der Waals surface area contributed by atoms with Crippen molar-refractivity contribution in [1.82, 2.24) is 5.32 Å². The molecule has 0 spiro atoms. The fourth-order valence-corrected chi connectivity index (χ4v) is 4.03. The second-order valence-electron chi connectivity index (χ2n) is 5.95. The molecule has 1 fully saturated rings. The zero-order valence-electron chi connectivity index (χ0n) is 12.5. The number of nitrogens with one attached hydrogen (secondary N) is 1. The molecular weight excluding hydrogens is 289 g/mol. The van der Waals surface area contributed by atoms with Gasteiger partial charge in [-0.15, -0.1) is 0 Å². The quantitative estimate of drug-likeness (QED) is 0.678. The fourth-order valence-electron chi connectivity index (χ4n) is 3.61. The van der Waals surface area contributed by atoms with E-state index >= 15 is 0 Å². The number of hydrogen-bond acceptors (Lipinski definition) is 1. The Morgan fingerprint density at radius 3 is 2.50 bits per heavy atom. The average Bonchev–Trinajstić information content (AvgIpc) is 2.93. The molecule has 1 aliphatic carbocycles. The second kappa shape index (κ2) is 7.15. The van der Waals surface area contributed by atoms with Gasteiger partial charge < -0.3 is 5.32 Å². The lowest BCUT2D eigenvalue weighted by Gasteiger charge is -2.38. The number of halogens is 2. The summed E-state index contributed by atoms with van der Waals surface area (Å²) in [7, 11) is 0. The van der Waals surface area contributed by atoms with Crippen molar-refractivity contribution in [3.05, 3.63) is 33.8 Å². The molecule has 0 saturated heterocycles. The molecule has 1 saturated carbocycles. The lowest BCUT2D eigenvalue weighted by atomic mass is 9.73. The lowest BCUT2D eigenvalue weighted by molar-refractivity contribution is 0.187. The molecule has 1 atom stereocenters. The summed E-state index contributed by atoms with van der Waals surface area (Å²) >= 11 is 12.7. The largest absolute Gasteiger partial charge is 0.309 e. The molecule has 1 aromatic carbocycles. The average molecular weight is 314 g/mol. The van der Waals surface area contributed by atoms with Gasteiger partial charge in [0.05, 0.1) is 10.0 Å². The summed E-state index contributed by atoms with van der Waals surface area (Å²) in [5.41, 5.74) is 1.51. The minimum absolute atomic E-state index is 0.321. The molecule has 20 heavy (non-hydrogen) atoms. The lowest BCUT2D eigenvalue weighted by Crippen LogP contribution is -2.37. The van der Waals surface area contributed by atoms with Gasteiger partial charge in [0.15, 0.2) is 0 Å². The van der Waals surface area contributed by atoms with Crippen LogP contribution in [0.3, 0.4) is 0 Å². The third-order valence-corrected chi connectivity index (χ3v) is 5.64. The molecule has 1 N–H and O–H groups in total. The molecule has 1 unspecified atom stereocenters. The molecule has 2 rings (SSSR count). The molecule has 0 radical (unpaired) electrons. The van der Waals surface area contributed by atoms with Crippen molar-refractivity contribution in [3.63, 3.8) is 0 Å². The molecule has 0 aliphatic heterocycles. The molecule has 1 nitrogen and oxygen atoms in total. The minimum atomic E-state index is 0.321. The normalized spacial score (nSPS) is 19.2. The van der Waals surface area contributed by atoms with Crippen molar-refractivity contribution < 1.29 is 0 Å². The topological polar surface area (TPSA) is 12.0 Å². The molecular formula is C17H25Cl2N. The van der Waals surface area contributed by atoms with Crippen LogP contribution in [0.4, 0.5) is 0 Å². The minimum Gasteiger partial charge on any atom is -0.309 e. The van der Waals surface area contributed by atoms with E-state index in [1.54, 1.807) is 0 Å². The van der Waals surface area contributed by atoms with E-state index in [1.807, 2.05) is 12.1 Å². The molecule has 1 aromatic rings. The Balaban J connectivity index is 2.38. The van der Waals surface area contributed by atoms with Crippen LogP contribution in [0.5, 0.6) is 0 Å². The van der Waals surface area contributed by atoms with Crippen molar-refractivity contribution in [3.8, 4) is 0 Å². The highest BCUT2D eigenvalue weighted by Gasteiger charge is 2.41. The van der Waals surface area contributed by atoms with Gasteiger partial charge in [-0.1, -0.05) is 62.0 Å². The Labute approximate surface area is 133 Å². The predicted molar refractivity (Wildman–Crippen MR) is 88.7 cm³/mol. The Morgan fingerprint density at radius 2 is 1.90 bits per heavy atom. The van der Waals surface area contributed by atoms with Gasteiger partial charge in [-0.2, -0.15) is 0 Å². The van der Waals surface area contributed by atoms with Crippen LogP contribution in [0, 0.1) is 5.41 Å². The van der Waals surface area contributed by atoms with Gasteiger partial charge in [-0.05, 0) is 49.3 Å². The first-order valence-electron chi connectivity index (χ1n) is 7.82. The van der Waals surface area contributed by atoms with Gasteiger partial charge in [0, 0.05) is 6.04 Å². The van der Waals surface area contributed by atoms with E-state index < -0.39 is 0 Å². The van der Waals surface area contributed by atoms with Crippen molar-refractivity contribution >= 4 is 23.2 Å². The Bertz CT molecular complexity index is 439. The van der Waals surface area contributed by atoms with Gasteiger partial charge in [0.25, 0.3) is 0 Å². The molecule has 0 bridgehead atoms. The summed E-state index contributed by atoms with van der Waals surface area (Å²) in [6, 6.07) is 6.35. The van der Waals surface area contributed by atoms with E-state index in [1.165, 1.54) is 37.7 Å². The zero-order valence-corrected chi connectivity index (χ0v) is 14.0. The Hall–Kier alpha value is -0.240. The van der Waals surface area contributed by atoms with E-state index in [9.17, 15) is 0 Å². The van der Waals surface area contributed by atoms with E-state index in [0.717, 1.165) is 18.0 Å². The smallest absolute Gasteiger partial charge is 0.0640 e. The number of hydrogen-bond donors (Lipinski definition) is 1. The summed E-state index contributed by atoms with van der Waals surface area (Å²) in [6.07, 6.45) is 7.56. The first-order chi connectivity index (χ1) is 9.64. The second-order valence-corrected chi connectivity index (χ2v) is 6.74. The first-order valence-corrected chi connectivity index (χ1v) is 8.57. The van der Waals surface area contributed by atoms with E-state index in [-0.39, 0.29) is 0 Å². The summed E-state index contributed by atoms with van der Waals surface area (Å²) in [5, 5.41) is 5.13. The summed E-state index contributed by atoms with van der Waals surface area (Å²) in [4.78, 5) is 0. The highest BCUT2D eigenvalue weighted by atomic mass is 35.5. The Morgan fingerprint density at radius 1 is 1.20 bits per heavy atom. The van der Waals surface area contributed by atoms with Gasteiger partial charge in [-0.25, -0.2) is 0 Å². The molecule has 0 aromatic heterocycles. The van der Waals surface area contributed by atoms with Crippen LogP contribution in [0.25, 0.3) is 0 Å². The molecule has 0 heterocycles. The van der Waals surface area contributed by atoms with E-state index in [0.29, 0.717) is 16.5 Å². The summed E-state index contributed by atoms with van der Waals surface area (Å²) in [6.45, 7) is 5.54. The van der Waals surface area contributed by atoms with Gasteiger partial charge >= 0.3 is 0 Å². The van der Waals surface area contributed by atoms with E-state index in [4.69, 9.17) is 23.2 Å². The highest BCUT2D eigenvalue weighted by molar-refractivity contribution is 6.42. The molecule has 1 aliphatic rings. The Kier molecular flexibility index (Phi) is 5.77. The molecule has 3 heteroatoms. The third-order valence-electron chi connectivity index (χ3n) is 4.81. The standard InChI is InChI=1S/C17H25Cl2N/c1-3-12-20-16(17(4-2)10-5-6-11-17)13-8-7-9-14(18)15(13)19/h7-9,16,20H,3-6,10-12H2,1-2H3. The van der Waals surface area contributed by atoms with Crippen LogP contribution in [0.15, 0.2) is 18.2 Å². The maximum Gasteiger partial charge on any atom is 0.0640 e. The summed E-state index contributed by atoms with van der Waals surface area (Å²) in [5.74, 6) is 0. The van der Waals surface area contributed by atoms with Crippen LogP contribution < -0.4 is 5.32 Å².